The number of rotatable bonds is 4. The molecule has 2 aromatic carbocycles. The van der Waals surface area contributed by atoms with E-state index in [1.54, 1.807) is 0 Å². The molecule has 2 heteroatoms. The van der Waals surface area contributed by atoms with Crippen LogP contribution in [0.4, 0.5) is 5.69 Å². The molecule has 1 atom stereocenters. The first-order chi connectivity index (χ1) is 8.31. The van der Waals surface area contributed by atoms with Gasteiger partial charge in [-0.15, -0.1) is 0 Å². The first-order valence-electron chi connectivity index (χ1n) is 5.91. The third-order valence-electron chi connectivity index (χ3n) is 2.97. The zero-order chi connectivity index (χ0) is 12.1. The molecule has 2 nitrogen and oxygen atoms in total. The van der Waals surface area contributed by atoms with Crippen LogP contribution in [-0.4, -0.2) is 6.54 Å². The Kier molecular flexibility index (Phi) is 3.78. The molecule has 0 aromatic heterocycles. The van der Waals surface area contributed by atoms with Crippen molar-refractivity contribution in [1.29, 1.82) is 0 Å². The van der Waals surface area contributed by atoms with Crippen molar-refractivity contribution in [3.8, 4) is 0 Å². The fraction of sp³-hybridized carbons (Fsp3) is 0.200. The molecule has 4 N–H and O–H groups in total. The van der Waals surface area contributed by atoms with Crippen molar-refractivity contribution in [3.63, 3.8) is 0 Å². The highest BCUT2D eigenvalue weighted by Gasteiger charge is 2.12. The molecule has 0 radical (unpaired) electrons. The van der Waals surface area contributed by atoms with Crippen LogP contribution in [0, 0.1) is 0 Å². The highest BCUT2D eigenvalue weighted by Crippen LogP contribution is 2.28. The van der Waals surface area contributed by atoms with Gasteiger partial charge in [-0.3, -0.25) is 0 Å². The van der Waals surface area contributed by atoms with E-state index in [4.69, 9.17) is 11.5 Å². The third kappa shape index (κ3) is 2.86. The largest absolute Gasteiger partial charge is 0.399 e. The van der Waals surface area contributed by atoms with Gasteiger partial charge in [0.25, 0.3) is 0 Å². The molecule has 1 unspecified atom stereocenters. The predicted octanol–water partition coefficient (Wildman–Crippen LogP) is 2.75. The van der Waals surface area contributed by atoms with E-state index in [-0.39, 0.29) is 0 Å². The lowest BCUT2D eigenvalue weighted by Crippen LogP contribution is -2.09. The van der Waals surface area contributed by atoms with Crippen LogP contribution in [0.15, 0.2) is 54.6 Å². The lowest BCUT2D eigenvalue weighted by atomic mass is 9.88. The molecular formula is C15H18N2. The summed E-state index contributed by atoms with van der Waals surface area (Å²) < 4.78 is 0. The zero-order valence-corrected chi connectivity index (χ0v) is 9.84. The molecule has 0 aliphatic carbocycles. The summed E-state index contributed by atoms with van der Waals surface area (Å²) in [5.74, 6) is 0.338. The molecule has 0 heterocycles. The number of hydrogen-bond acceptors (Lipinski definition) is 2. The van der Waals surface area contributed by atoms with E-state index < -0.39 is 0 Å². The maximum absolute atomic E-state index is 5.84. The van der Waals surface area contributed by atoms with Gasteiger partial charge in [0.05, 0.1) is 0 Å². The van der Waals surface area contributed by atoms with Crippen LogP contribution in [0.1, 0.15) is 23.5 Å². The average Bonchev–Trinajstić information content (AvgIpc) is 2.37. The summed E-state index contributed by atoms with van der Waals surface area (Å²) in [7, 11) is 0. The predicted molar refractivity (Wildman–Crippen MR) is 72.8 cm³/mol. The van der Waals surface area contributed by atoms with Gasteiger partial charge in [-0.05, 0) is 36.2 Å². The average molecular weight is 226 g/mol. The monoisotopic (exact) mass is 226 g/mol. The van der Waals surface area contributed by atoms with Crippen molar-refractivity contribution >= 4 is 5.69 Å². The molecule has 0 bridgehead atoms. The van der Waals surface area contributed by atoms with Crippen molar-refractivity contribution in [3.05, 3.63) is 65.7 Å². The SMILES string of the molecule is NCCC(c1ccccc1)c1cccc(N)c1. The van der Waals surface area contributed by atoms with E-state index in [2.05, 4.69) is 30.3 Å². The number of nitrogen functional groups attached to an aromatic ring is 1. The minimum atomic E-state index is 0.338. The van der Waals surface area contributed by atoms with Gasteiger partial charge < -0.3 is 11.5 Å². The summed E-state index contributed by atoms with van der Waals surface area (Å²) >= 11 is 0. The van der Waals surface area contributed by atoms with Gasteiger partial charge in [-0.1, -0.05) is 42.5 Å². The van der Waals surface area contributed by atoms with E-state index in [0.29, 0.717) is 12.5 Å². The molecule has 0 saturated carbocycles. The van der Waals surface area contributed by atoms with Crippen molar-refractivity contribution in [2.45, 2.75) is 12.3 Å². The first kappa shape index (κ1) is 11.7. The van der Waals surface area contributed by atoms with Gasteiger partial charge in [-0.2, -0.15) is 0 Å². The van der Waals surface area contributed by atoms with Crippen LogP contribution >= 0.6 is 0 Å². The Morgan fingerprint density at radius 2 is 1.59 bits per heavy atom. The summed E-state index contributed by atoms with van der Waals surface area (Å²) in [6, 6.07) is 18.5. The van der Waals surface area contributed by atoms with Crippen molar-refractivity contribution < 1.29 is 0 Å². The molecule has 0 spiro atoms. The zero-order valence-electron chi connectivity index (χ0n) is 9.84. The van der Waals surface area contributed by atoms with Crippen LogP contribution in [0.3, 0.4) is 0 Å². The quantitative estimate of drug-likeness (QED) is 0.788. The summed E-state index contributed by atoms with van der Waals surface area (Å²) in [5.41, 5.74) is 14.9. The van der Waals surface area contributed by atoms with Gasteiger partial charge in [0, 0.05) is 11.6 Å². The summed E-state index contributed by atoms with van der Waals surface area (Å²) in [4.78, 5) is 0. The molecular weight excluding hydrogens is 208 g/mol. The lowest BCUT2D eigenvalue weighted by molar-refractivity contribution is 0.726. The van der Waals surface area contributed by atoms with Gasteiger partial charge in [0.2, 0.25) is 0 Å². The van der Waals surface area contributed by atoms with Crippen LogP contribution < -0.4 is 11.5 Å². The summed E-state index contributed by atoms with van der Waals surface area (Å²) in [5, 5.41) is 0. The second-order valence-corrected chi connectivity index (χ2v) is 4.21. The second-order valence-electron chi connectivity index (χ2n) is 4.21. The van der Waals surface area contributed by atoms with Crippen molar-refractivity contribution in [2.75, 3.05) is 12.3 Å². The Morgan fingerprint density at radius 1 is 0.882 bits per heavy atom. The highest BCUT2D eigenvalue weighted by atomic mass is 14.5. The van der Waals surface area contributed by atoms with E-state index in [9.17, 15) is 0 Å². The van der Waals surface area contributed by atoms with E-state index >= 15 is 0 Å². The van der Waals surface area contributed by atoms with Gasteiger partial charge in [-0.25, -0.2) is 0 Å². The Morgan fingerprint density at radius 3 is 2.24 bits per heavy atom. The fourth-order valence-corrected chi connectivity index (χ4v) is 2.15. The Hall–Kier alpha value is -1.80. The number of hydrogen-bond donors (Lipinski definition) is 2. The molecule has 0 aliphatic heterocycles. The fourth-order valence-electron chi connectivity index (χ4n) is 2.15. The molecule has 0 saturated heterocycles. The molecule has 0 aliphatic rings. The van der Waals surface area contributed by atoms with Crippen LogP contribution in [-0.2, 0) is 0 Å². The summed E-state index contributed by atoms with van der Waals surface area (Å²) in [6.45, 7) is 0.675. The van der Waals surface area contributed by atoms with E-state index in [1.807, 2.05) is 24.3 Å². The lowest BCUT2D eigenvalue weighted by Gasteiger charge is -2.17. The number of benzene rings is 2. The molecule has 2 rings (SSSR count). The van der Waals surface area contributed by atoms with Crippen molar-refractivity contribution in [2.24, 2.45) is 5.73 Å². The first-order valence-corrected chi connectivity index (χ1v) is 5.91. The highest BCUT2D eigenvalue weighted by molar-refractivity contribution is 5.44. The van der Waals surface area contributed by atoms with E-state index in [1.165, 1.54) is 11.1 Å². The Bertz CT molecular complexity index is 465. The standard InChI is InChI=1S/C15H18N2/c16-10-9-15(12-5-2-1-3-6-12)13-7-4-8-14(17)11-13/h1-8,11,15H,9-10,16-17H2. The Balaban J connectivity index is 2.35. The van der Waals surface area contributed by atoms with E-state index in [0.717, 1.165) is 12.1 Å². The topological polar surface area (TPSA) is 52.0 Å². The molecule has 88 valence electrons. The minimum Gasteiger partial charge on any atom is -0.399 e. The van der Waals surface area contributed by atoms with Gasteiger partial charge in [0.15, 0.2) is 0 Å². The van der Waals surface area contributed by atoms with Crippen LogP contribution in [0.2, 0.25) is 0 Å². The third-order valence-corrected chi connectivity index (χ3v) is 2.97. The van der Waals surface area contributed by atoms with Gasteiger partial charge >= 0.3 is 0 Å². The van der Waals surface area contributed by atoms with Crippen LogP contribution in [0.25, 0.3) is 0 Å². The maximum atomic E-state index is 5.84. The molecule has 2 aromatic rings. The minimum absolute atomic E-state index is 0.338. The van der Waals surface area contributed by atoms with Gasteiger partial charge in [0.1, 0.15) is 0 Å². The maximum Gasteiger partial charge on any atom is 0.0316 e. The molecule has 0 amide bonds. The molecule has 0 fully saturated rings. The normalized spacial score (nSPS) is 12.3. The Labute approximate surface area is 102 Å². The number of anilines is 1. The van der Waals surface area contributed by atoms with Crippen LogP contribution in [0.5, 0.6) is 0 Å². The summed E-state index contributed by atoms with van der Waals surface area (Å²) in [6.07, 6.45) is 0.938. The van der Waals surface area contributed by atoms with Crippen molar-refractivity contribution in [1.82, 2.24) is 0 Å². The second kappa shape index (κ2) is 5.51. The molecule has 17 heavy (non-hydrogen) atoms. The number of nitrogens with two attached hydrogens (primary N) is 2. The smallest absolute Gasteiger partial charge is 0.0316 e.